The molecule has 0 fully saturated rings. The van der Waals surface area contributed by atoms with Crippen molar-refractivity contribution >= 4 is 21.5 Å². The van der Waals surface area contributed by atoms with E-state index in [1.54, 1.807) is 0 Å². The molecule has 0 atom stereocenters. The average Bonchev–Trinajstić information content (AvgIpc) is 3.84. The third-order valence-corrected chi connectivity index (χ3v) is 13.3. The van der Waals surface area contributed by atoms with Crippen LogP contribution in [0.4, 0.5) is 0 Å². The second-order valence-electron chi connectivity index (χ2n) is 16.7. The van der Waals surface area contributed by atoms with E-state index in [0.717, 1.165) is 33.4 Å². The molecular formula is C60H37N3. The Morgan fingerprint density at radius 1 is 0.238 bits per heavy atom. The van der Waals surface area contributed by atoms with Crippen molar-refractivity contribution in [3.8, 4) is 78.7 Å². The first kappa shape index (κ1) is 35.5. The molecule has 2 aliphatic carbocycles. The van der Waals surface area contributed by atoms with Crippen LogP contribution in [-0.4, -0.2) is 15.0 Å². The van der Waals surface area contributed by atoms with Crippen LogP contribution in [0.3, 0.4) is 0 Å². The fourth-order valence-corrected chi connectivity index (χ4v) is 10.5. The van der Waals surface area contributed by atoms with Crippen LogP contribution in [0.15, 0.2) is 224 Å². The van der Waals surface area contributed by atoms with Gasteiger partial charge in [0.1, 0.15) is 0 Å². The van der Waals surface area contributed by atoms with Gasteiger partial charge in [-0.05, 0) is 107 Å². The molecule has 0 bridgehead atoms. The van der Waals surface area contributed by atoms with Crippen molar-refractivity contribution in [3.63, 3.8) is 0 Å². The van der Waals surface area contributed by atoms with Crippen LogP contribution in [0, 0.1) is 0 Å². The molecule has 0 saturated heterocycles. The number of fused-ring (bicyclic) bond motifs is 7. The number of hydrogen-bond acceptors (Lipinski definition) is 3. The predicted octanol–water partition coefficient (Wildman–Crippen LogP) is 14.9. The lowest BCUT2D eigenvalue weighted by Gasteiger charge is -2.31. The minimum absolute atomic E-state index is 0.400. The normalized spacial score (nSPS) is 12.9. The fourth-order valence-electron chi connectivity index (χ4n) is 10.5. The summed E-state index contributed by atoms with van der Waals surface area (Å²) in [7, 11) is 0. The number of aromatic nitrogens is 3. The Morgan fingerprint density at radius 3 is 1.27 bits per heavy atom. The van der Waals surface area contributed by atoms with E-state index >= 15 is 0 Å². The highest BCUT2D eigenvalue weighted by molar-refractivity contribution is 6.17. The molecule has 2 aliphatic rings. The van der Waals surface area contributed by atoms with E-state index < -0.39 is 5.41 Å². The highest BCUT2D eigenvalue weighted by atomic mass is 15.0. The SMILES string of the molecule is c1ccc(-c2ccc(-c3nc(-c4ccccc4)nc(-c4cccc(-c5cccc(-c6ccc7c(c6)C6(c8ccccc8-7)c7cccc8ccc9cccc6c9c78)c5)c4)n3)cc2)cc1. The maximum Gasteiger partial charge on any atom is 0.164 e. The molecule has 1 aromatic heterocycles. The summed E-state index contributed by atoms with van der Waals surface area (Å²) in [6.45, 7) is 0. The second-order valence-corrected chi connectivity index (χ2v) is 16.7. The van der Waals surface area contributed by atoms with E-state index in [9.17, 15) is 0 Å². The van der Waals surface area contributed by atoms with Gasteiger partial charge in [0.2, 0.25) is 0 Å². The van der Waals surface area contributed by atoms with Crippen LogP contribution >= 0.6 is 0 Å². The quantitative estimate of drug-likeness (QED) is 0.157. The van der Waals surface area contributed by atoms with Gasteiger partial charge in [0.25, 0.3) is 0 Å². The van der Waals surface area contributed by atoms with Crippen LogP contribution in [-0.2, 0) is 5.41 Å². The lowest BCUT2D eigenvalue weighted by atomic mass is 9.70. The molecule has 0 aliphatic heterocycles. The summed E-state index contributed by atoms with van der Waals surface area (Å²) in [6.07, 6.45) is 0. The highest BCUT2D eigenvalue weighted by Crippen LogP contribution is 2.62. The zero-order chi connectivity index (χ0) is 41.5. The van der Waals surface area contributed by atoms with Crippen molar-refractivity contribution < 1.29 is 0 Å². The molecule has 11 aromatic rings. The minimum atomic E-state index is -0.400. The average molecular weight is 800 g/mol. The van der Waals surface area contributed by atoms with Gasteiger partial charge in [-0.1, -0.05) is 206 Å². The van der Waals surface area contributed by atoms with Crippen LogP contribution in [0.1, 0.15) is 22.3 Å². The van der Waals surface area contributed by atoms with E-state index in [2.05, 4.69) is 200 Å². The van der Waals surface area contributed by atoms with E-state index in [1.165, 1.54) is 71.6 Å². The summed E-state index contributed by atoms with van der Waals surface area (Å²) in [6, 6.07) is 81.1. The van der Waals surface area contributed by atoms with E-state index in [4.69, 9.17) is 15.0 Å². The first-order valence-corrected chi connectivity index (χ1v) is 21.6. The Balaban J connectivity index is 0.907. The summed E-state index contributed by atoms with van der Waals surface area (Å²) in [5, 5.41) is 5.34. The van der Waals surface area contributed by atoms with Crippen molar-refractivity contribution in [1.29, 1.82) is 0 Å². The summed E-state index contributed by atoms with van der Waals surface area (Å²) >= 11 is 0. The summed E-state index contributed by atoms with van der Waals surface area (Å²) in [5.41, 5.74) is 17.4. The summed E-state index contributed by atoms with van der Waals surface area (Å²) in [5.74, 6) is 1.92. The lowest BCUT2D eigenvalue weighted by Crippen LogP contribution is -2.26. The molecule has 1 spiro atoms. The molecule has 0 unspecified atom stereocenters. The smallest absolute Gasteiger partial charge is 0.164 e. The van der Waals surface area contributed by atoms with Gasteiger partial charge in [0, 0.05) is 16.7 Å². The molecule has 292 valence electrons. The maximum atomic E-state index is 5.11. The molecule has 0 saturated carbocycles. The van der Waals surface area contributed by atoms with E-state index in [-0.39, 0.29) is 0 Å². The van der Waals surface area contributed by atoms with Crippen molar-refractivity contribution in [2.24, 2.45) is 0 Å². The maximum absolute atomic E-state index is 5.11. The number of rotatable bonds is 6. The molecule has 1 heterocycles. The molecule has 63 heavy (non-hydrogen) atoms. The van der Waals surface area contributed by atoms with Crippen LogP contribution in [0.2, 0.25) is 0 Å². The number of hydrogen-bond donors (Lipinski definition) is 0. The van der Waals surface area contributed by atoms with Crippen molar-refractivity contribution in [3.05, 3.63) is 247 Å². The van der Waals surface area contributed by atoms with Crippen LogP contribution in [0.25, 0.3) is 100 Å². The Labute approximate surface area is 365 Å². The Bertz CT molecular complexity index is 3550. The second kappa shape index (κ2) is 13.9. The zero-order valence-corrected chi connectivity index (χ0v) is 34.2. The Hall–Kier alpha value is -8.27. The van der Waals surface area contributed by atoms with Gasteiger partial charge in [-0.2, -0.15) is 0 Å². The molecule has 0 amide bonds. The number of benzene rings is 10. The molecule has 0 radical (unpaired) electrons. The van der Waals surface area contributed by atoms with Gasteiger partial charge in [0.05, 0.1) is 5.41 Å². The van der Waals surface area contributed by atoms with Crippen LogP contribution in [0.5, 0.6) is 0 Å². The van der Waals surface area contributed by atoms with Crippen molar-refractivity contribution in [1.82, 2.24) is 15.0 Å². The summed E-state index contributed by atoms with van der Waals surface area (Å²) < 4.78 is 0. The third-order valence-electron chi connectivity index (χ3n) is 13.3. The monoisotopic (exact) mass is 799 g/mol. The standard InChI is InChI=1S/C60H37N3/c1-3-13-38(14-4-1)39-27-31-43(32-28-39)58-61-57(42-15-5-2-6-16-42)62-59(63-58)48-22-10-21-46(36-48)44-19-9-20-45(35-44)47-33-34-50-49-23-7-8-24-51(49)60(54(50)37-47)52-25-11-17-40-29-30-41-18-12-26-53(60)56(41)55(40)52/h1-37H. The third kappa shape index (κ3) is 5.43. The first-order chi connectivity index (χ1) is 31.2. The fraction of sp³-hybridized carbons (Fsp3) is 0.0167. The first-order valence-electron chi connectivity index (χ1n) is 21.6. The Morgan fingerprint density at radius 2 is 0.635 bits per heavy atom. The zero-order valence-electron chi connectivity index (χ0n) is 34.2. The van der Waals surface area contributed by atoms with Crippen molar-refractivity contribution in [2.75, 3.05) is 0 Å². The van der Waals surface area contributed by atoms with Gasteiger partial charge in [-0.25, -0.2) is 15.0 Å². The molecule has 3 nitrogen and oxygen atoms in total. The van der Waals surface area contributed by atoms with Gasteiger partial charge >= 0.3 is 0 Å². The molecule has 0 N–H and O–H groups in total. The van der Waals surface area contributed by atoms with Gasteiger partial charge in [0.15, 0.2) is 17.5 Å². The molecule has 10 aromatic carbocycles. The summed E-state index contributed by atoms with van der Waals surface area (Å²) in [4.78, 5) is 15.2. The minimum Gasteiger partial charge on any atom is -0.208 e. The van der Waals surface area contributed by atoms with E-state index in [0.29, 0.717) is 17.5 Å². The number of nitrogens with zero attached hydrogens (tertiary/aromatic N) is 3. The highest BCUT2D eigenvalue weighted by Gasteiger charge is 2.50. The van der Waals surface area contributed by atoms with Gasteiger partial charge in [-0.15, -0.1) is 0 Å². The molecular weight excluding hydrogens is 763 g/mol. The van der Waals surface area contributed by atoms with Gasteiger partial charge in [-0.3, -0.25) is 0 Å². The predicted molar refractivity (Wildman–Crippen MR) is 258 cm³/mol. The molecule has 13 rings (SSSR count). The molecule has 3 heteroatoms. The lowest BCUT2D eigenvalue weighted by molar-refractivity contribution is 0.797. The Kier molecular flexibility index (Phi) is 7.82. The topological polar surface area (TPSA) is 38.7 Å². The van der Waals surface area contributed by atoms with Crippen LogP contribution < -0.4 is 0 Å². The largest absolute Gasteiger partial charge is 0.208 e. The van der Waals surface area contributed by atoms with E-state index in [1.807, 2.05) is 24.3 Å². The van der Waals surface area contributed by atoms with Gasteiger partial charge < -0.3 is 0 Å². The van der Waals surface area contributed by atoms with Crippen molar-refractivity contribution in [2.45, 2.75) is 5.41 Å².